The normalized spacial score (nSPS) is 16.9. The van der Waals surface area contributed by atoms with Gasteiger partial charge in [-0.05, 0) is 114 Å². The van der Waals surface area contributed by atoms with Gasteiger partial charge in [0.1, 0.15) is 29.1 Å². The summed E-state index contributed by atoms with van der Waals surface area (Å²) in [6, 6.07) is 33.9. The van der Waals surface area contributed by atoms with Crippen LogP contribution in [0.25, 0.3) is 22.5 Å². The summed E-state index contributed by atoms with van der Waals surface area (Å²) in [5.41, 5.74) is 5.85. The van der Waals surface area contributed by atoms with Crippen LogP contribution in [0.5, 0.6) is 0 Å². The van der Waals surface area contributed by atoms with E-state index < -0.39 is 35.5 Å². The molecule has 0 bridgehead atoms. The summed E-state index contributed by atoms with van der Waals surface area (Å²) in [6.07, 6.45) is 3.59. The van der Waals surface area contributed by atoms with E-state index in [-0.39, 0.29) is 23.9 Å². The van der Waals surface area contributed by atoms with Gasteiger partial charge in [-0.15, -0.1) is 0 Å². The first-order chi connectivity index (χ1) is 32.6. The number of likely N-dealkylation sites (tertiary alicyclic amines) is 2. The lowest BCUT2D eigenvalue weighted by molar-refractivity contribution is -0.135. The predicted octanol–water partition coefficient (Wildman–Crippen LogP) is 9.73. The molecule has 4 atom stereocenters. The molecule has 350 valence electrons. The molecule has 2 saturated heterocycles. The molecule has 4 aromatic carbocycles. The molecule has 4 amide bonds. The van der Waals surface area contributed by atoms with Gasteiger partial charge >= 0.3 is 12.2 Å². The summed E-state index contributed by atoms with van der Waals surface area (Å²) < 4.78 is 11.0. The average molecular weight is 915 g/mol. The van der Waals surface area contributed by atoms with Gasteiger partial charge in [-0.3, -0.25) is 14.7 Å². The number of ether oxygens (including phenoxy) is 2. The van der Waals surface area contributed by atoms with Crippen LogP contribution in [0.2, 0.25) is 0 Å². The lowest BCUT2D eigenvalue weighted by Gasteiger charge is -2.29. The van der Waals surface area contributed by atoms with Gasteiger partial charge in [-0.2, -0.15) is 5.10 Å². The van der Waals surface area contributed by atoms with E-state index in [1.807, 2.05) is 120 Å². The van der Waals surface area contributed by atoms with Crippen molar-refractivity contribution in [2.24, 2.45) is 0 Å². The maximum atomic E-state index is 14.1. The number of amides is 4. The fraction of sp³-hybridized carbons (Fsp3) is 0.333. The van der Waals surface area contributed by atoms with Crippen molar-refractivity contribution in [1.29, 1.82) is 0 Å². The van der Waals surface area contributed by atoms with Crippen LogP contribution in [-0.4, -0.2) is 78.3 Å². The molecular weight excluding hydrogens is 857 g/mol. The number of carbonyl (C=O) groups is 4. The third-order valence-electron chi connectivity index (χ3n) is 11.7. The van der Waals surface area contributed by atoms with Crippen LogP contribution in [0.15, 0.2) is 121 Å². The first-order valence-electron chi connectivity index (χ1n) is 23.1. The van der Waals surface area contributed by atoms with Crippen LogP contribution in [0.1, 0.15) is 125 Å². The Morgan fingerprint density at radius 3 is 1.62 bits per heavy atom. The predicted molar refractivity (Wildman–Crippen MR) is 259 cm³/mol. The Balaban J connectivity index is 0.898. The van der Waals surface area contributed by atoms with E-state index in [2.05, 4.69) is 37.7 Å². The molecule has 6 aromatic rings. The molecule has 2 fully saturated rings. The van der Waals surface area contributed by atoms with Crippen LogP contribution in [-0.2, 0) is 19.1 Å². The van der Waals surface area contributed by atoms with Crippen molar-refractivity contribution in [3.8, 4) is 34.4 Å². The summed E-state index contributed by atoms with van der Waals surface area (Å²) in [7, 11) is 0. The largest absolute Gasteiger partial charge is 0.444 e. The van der Waals surface area contributed by atoms with E-state index in [1.165, 1.54) is 0 Å². The Bertz CT molecular complexity index is 2590. The highest BCUT2D eigenvalue weighted by Crippen LogP contribution is 2.36. The molecule has 14 nitrogen and oxygen atoms in total. The molecule has 2 aliphatic heterocycles. The van der Waals surface area contributed by atoms with E-state index in [4.69, 9.17) is 14.5 Å². The lowest BCUT2D eigenvalue weighted by Crippen LogP contribution is -2.44. The van der Waals surface area contributed by atoms with Gasteiger partial charge in [0, 0.05) is 29.8 Å². The summed E-state index contributed by atoms with van der Waals surface area (Å²) >= 11 is 0. The number of alkyl carbamates (subject to hydrolysis) is 2. The maximum Gasteiger partial charge on any atom is 0.408 e. The van der Waals surface area contributed by atoms with Gasteiger partial charge in [0.25, 0.3) is 5.91 Å². The molecule has 2 aliphatic rings. The minimum absolute atomic E-state index is 0.208. The molecule has 0 spiro atoms. The molecule has 2 aromatic heterocycles. The number of nitrogens with zero attached hydrogens (tertiary/aromatic N) is 4. The number of aromatic amines is 2. The van der Waals surface area contributed by atoms with Crippen molar-refractivity contribution in [3.63, 3.8) is 0 Å². The zero-order valence-electron chi connectivity index (χ0n) is 39.3. The fourth-order valence-corrected chi connectivity index (χ4v) is 8.63. The van der Waals surface area contributed by atoms with Gasteiger partial charge in [0.15, 0.2) is 0 Å². The number of hydrogen-bond acceptors (Lipinski definition) is 8. The number of aromatic nitrogens is 4. The van der Waals surface area contributed by atoms with Crippen molar-refractivity contribution in [2.75, 3.05) is 13.1 Å². The molecule has 4 unspecified atom stereocenters. The highest BCUT2D eigenvalue weighted by Gasteiger charge is 2.39. The van der Waals surface area contributed by atoms with Crippen LogP contribution in [0.3, 0.4) is 0 Å². The zero-order chi connectivity index (χ0) is 48.0. The van der Waals surface area contributed by atoms with Gasteiger partial charge in [-0.1, -0.05) is 96.8 Å². The van der Waals surface area contributed by atoms with Crippen LogP contribution >= 0.6 is 0 Å². The standard InChI is InChI=1S/C54H58N8O6/c1-53(2,3)67-51(65)57-46(39-15-9-7-10-16-39)49(63)61-31-13-19-44(61)42-33-41(59-60-42)37-27-23-35(24-28-37)21-22-36-25-29-38(30-26-36)43-34-55-48(56-43)45-20-14-32-62(45)50(64)47(40-17-11-8-12-18-40)58-52(66)68-54(4,5)6/h7-12,15-18,23-30,33-34,44-47H,13-14,19-20,31-32H2,1-6H3,(H,55,56)(H,57,65)(H,58,66)(H,59,60). The summed E-state index contributed by atoms with van der Waals surface area (Å²) in [5.74, 6) is 6.79. The second-order valence-electron chi connectivity index (χ2n) is 19.2. The topological polar surface area (TPSA) is 175 Å². The third kappa shape index (κ3) is 11.5. The number of H-pyrrole nitrogens is 2. The monoisotopic (exact) mass is 914 g/mol. The number of imidazole rings is 1. The highest BCUT2D eigenvalue weighted by atomic mass is 16.6. The molecule has 4 heterocycles. The fourth-order valence-electron chi connectivity index (χ4n) is 8.63. The molecule has 8 rings (SSSR count). The Hall–Kier alpha value is -7.66. The Kier molecular flexibility index (Phi) is 13.8. The Morgan fingerprint density at radius 2 is 1.12 bits per heavy atom. The van der Waals surface area contributed by atoms with Crippen molar-refractivity contribution in [3.05, 3.63) is 155 Å². The SMILES string of the molecule is CC(C)(C)OC(=O)NC(C(=O)N1CCCC1c1cc(-c2ccc(C#Cc3ccc(-c4cnc(C5CCCN5C(=O)C(NC(=O)OC(C)(C)C)c5ccccc5)[nH]4)cc3)cc2)n[nH]1)c1ccccc1. The second kappa shape index (κ2) is 20.1. The first-order valence-corrected chi connectivity index (χ1v) is 23.1. The second-order valence-corrected chi connectivity index (χ2v) is 19.2. The van der Waals surface area contributed by atoms with E-state index in [0.29, 0.717) is 30.0 Å². The van der Waals surface area contributed by atoms with Crippen molar-refractivity contribution < 1.29 is 28.7 Å². The van der Waals surface area contributed by atoms with Gasteiger partial charge < -0.3 is 34.9 Å². The quantitative estimate of drug-likeness (QED) is 0.0983. The molecule has 0 saturated carbocycles. The Labute approximate surface area is 397 Å². The van der Waals surface area contributed by atoms with E-state index >= 15 is 0 Å². The number of nitrogens with one attached hydrogen (secondary N) is 4. The molecule has 68 heavy (non-hydrogen) atoms. The molecule has 14 heteroatoms. The van der Waals surface area contributed by atoms with Gasteiger partial charge in [0.05, 0.1) is 35.4 Å². The molecule has 4 N–H and O–H groups in total. The summed E-state index contributed by atoms with van der Waals surface area (Å²) in [4.78, 5) is 65.8. The molecular formula is C54H58N8O6. The minimum Gasteiger partial charge on any atom is -0.444 e. The van der Waals surface area contributed by atoms with Crippen LogP contribution in [0.4, 0.5) is 9.59 Å². The number of carbonyl (C=O) groups excluding carboxylic acids is 4. The summed E-state index contributed by atoms with van der Waals surface area (Å²) in [5, 5.41) is 13.4. The van der Waals surface area contributed by atoms with E-state index in [1.54, 1.807) is 52.6 Å². The van der Waals surface area contributed by atoms with Crippen molar-refractivity contribution in [2.45, 2.75) is 103 Å². The maximum absolute atomic E-state index is 14.1. The molecule has 0 aliphatic carbocycles. The van der Waals surface area contributed by atoms with Crippen molar-refractivity contribution >= 4 is 24.0 Å². The Morgan fingerprint density at radius 1 is 0.647 bits per heavy atom. The van der Waals surface area contributed by atoms with Gasteiger partial charge in [0.2, 0.25) is 5.91 Å². The number of benzene rings is 4. The lowest BCUT2D eigenvalue weighted by atomic mass is 10.0. The number of rotatable bonds is 10. The summed E-state index contributed by atoms with van der Waals surface area (Å²) in [6.45, 7) is 11.8. The van der Waals surface area contributed by atoms with Gasteiger partial charge in [-0.25, -0.2) is 14.6 Å². The van der Waals surface area contributed by atoms with Crippen molar-refractivity contribution in [1.82, 2.24) is 40.6 Å². The van der Waals surface area contributed by atoms with E-state index in [0.717, 1.165) is 65.0 Å². The van der Waals surface area contributed by atoms with E-state index in [9.17, 15) is 19.2 Å². The van der Waals surface area contributed by atoms with Crippen LogP contribution < -0.4 is 10.6 Å². The minimum atomic E-state index is -0.913. The smallest absolute Gasteiger partial charge is 0.408 e. The third-order valence-corrected chi connectivity index (χ3v) is 11.7. The zero-order valence-corrected chi connectivity index (χ0v) is 39.3. The highest BCUT2D eigenvalue weighted by molar-refractivity contribution is 5.88. The number of hydrogen-bond donors (Lipinski definition) is 4. The first kappa shape index (κ1) is 46.9. The molecule has 0 radical (unpaired) electrons. The van der Waals surface area contributed by atoms with Crippen LogP contribution in [0, 0.1) is 11.8 Å². The average Bonchev–Trinajstić information content (AvgIpc) is 4.16.